The van der Waals surface area contributed by atoms with E-state index in [0.29, 0.717) is 11.8 Å². The van der Waals surface area contributed by atoms with Crippen LogP contribution in [0.2, 0.25) is 0 Å². The van der Waals surface area contributed by atoms with Crippen LogP contribution in [0.4, 0.5) is 0 Å². The zero-order chi connectivity index (χ0) is 11.3. The van der Waals surface area contributed by atoms with Gasteiger partial charge in [0.15, 0.2) is 0 Å². The average Bonchev–Trinajstić information content (AvgIpc) is 2.21. The SMILES string of the molecule is CC(C)C(CBr)COc1ccccc1I. The molecule has 1 nitrogen and oxygen atoms in total. The van der Waals surface area contributed by atoms with Gasteiger partial charge in [-0.15, -0.1) is 0 Å². The molecule has 0 N–H and O–H groups in total. The van der Waals surface area contributed by atoms with Gasteiger partial charge in [0.2, 0.25) is 0 Å². The number of alkyl halides is 1. The lowest BCUT2D eigenvalue weighted by atomic mass is 9.99. The molecule has 0 aliphatic rings. The normalized spacial score (nSPS) is 12.9. The molecule has 1 atom stereocenters. The Hall–Kier alpha value is 0.230. The van der Waals surface area contributed by atoms with Crippen LogP contribution in [-0.2, 0) is 0 Å². The van der Waals surface area contributed by atoms with Crippen molar-refractivity contribution in [3.05, 3.63) is 27.8 Å². The van der Waals surface area contributed by atoms with E-state index in [0.717, 1.165) is 17.7 Å². The van der Waals surface area contributed by atoms with Crippen LogP contribution in [0.5, 0.6) is 5.75 Å². The number of benzene rings is 1. The van der Waals surface area contributed by atoms with Crippen LogP contribution >= 0.6 is 38.5 Å². The summed E-state index contributed by atoms with van der Waals surface area (Å²) in [6.07, 6.45) is 0. The Morgan fingerprint density at radius 2 is 2.00 bits per heavy atom. The van der Waals surface area contributed by atoms with Crippen molar-refractivity contribution in [2.45, 2.75) is 13.8 Å². The first kappa shape index (κ1) is 13.3. The van der Waals surface area contributed by atoms with Gasteiger partial charge in [-0.05, 0) is 40.6 Å². The van der Waals surface area contributed by atoms with Gasteiger partial charge in [0, 0.05) is 11.2 Å². The minimum atomic E-state index is 0.570. The van der Waals surface area contributed by atoms with Crippen molar-refractivity contribution >= 4 is 38.5 Å². The number of rotatable bonds is 5. The second kappa shape index (κ2) is 6.74. The van der Waals surface area contributed by atoms with E-state index in [4.69, 9.17) is 4.74 Å². The second-order valence-electron chi connectivity index (χ2n) is 3.90. The summed E-state index contributed by atoms with van der Waals surface area (Å²) in [4.78, 5) is 0. The van der Waals surface area contributed by atoms with Gasteiger partial charge in [-0.3, -0.25) is 0 Å². The zero-order valence-corrected chi connectivity index (χ0v) is 12.8. The Morgan fingerprint density at radius 1 is 1.33 bits per heavy atom. The van der Waals surface area contributed by atoms with Crippen LogP contribution < -0.4 is 4.74 Å². The van der Waals surface area contributed by atoms with E-state index in [-0.39, 0.29) is 0 Å². The molecule has 0 spiro atoms. The summed E-state index contributed by atoms with van der Waals surface area (Å²) in [5.74, 6) is 2.21. The summed E-state index contributed by atoms with van der Waals surface area (Å²) < 4.78 is 6.99. The molecule has 0 fully saturated rings. The van der Waals surface area contributed by atoms with Gasteiger partial charge in [0.1, 0.15) is 5.75 Å². The molecule has 0 aliphatic carbocycles. The maximum absolute atomic E-state index is 5.81. The van der Waals surface area contributed by atoms with Gasteiger partial charge in [-0.2, -0.15) is 0 Å². The first-order valence-corrected chi connectivity index (χ1v) is 7.28. The fraction of sp³-hybridized carbons (Fsp3) is 0.500. The van der Waals surface area contributed by atoms with Gasteiger partial charge >= 0.3 is 0 Å². The van der Waals surface area contributed by atoms with E-state index in [1.54, 1.807) is 0 Å². The summed E-state index contributed by atoms with van der Waals surface area (Å²) in [5, 5.41) is 0.994. The van der Waals surface area contributed by atoms with Crippen molar-refractivity contribution in [1.82, 2.24) is 0 Å². The predicted molar refractivity (Wildman–Crippen MR) is 76.8 cm³/mol. The Morgan fingerprint density at radius 3 is 2.53 bits per heavy atom. The van der Waals surface area contributed by atoms with E-state index in [1.807, 2.05) is 18.2 Å². The molecule has 0 amide bonds. The van der Waals surface area contributed by atoms with Gasteiger partial charge in [-0.1, -0.05) is 41.9 Å². The lowest BCUT2D eigenvalue weighted by Crippen LogP contribution is -2.19. The molecular weight excluding hydrogens is 367 g/mol. The largest absolute Gasteiger partial charge is 0.492 e. The average molecular weight is 383 g/mol. The van der Waals surface area contributed by atoms with Crippen molar-refractivity contribution < 1.29 is 4.74 Å². The number of hydrogen-bond acceptors (Lipinski definition) is 1. The minimum absolute atomic E-state index is 0.570. The number of hydrogen-bond donors (Lipinski definition) is 0. The van der Waals surface area contributed by atoms with Crippen molar-refractivity contribution in [2.24, 2.45) is 11.8 Å². The molecule has 1 aromatic carbocycles. The summed E-state index contributed by atoms with van der Waals surface area (Å²) in [6, 6.07) is 8.12. The standard InChI is InChI=1S/C12H16BrIO/c1-9(2)10(7-13)8-15-12-6-4-3-5-11(12)14/h3-6,9-10H,7-8H2,1-2H3. The number of para-hydroxylation sites is 1. The van der Waals surface area contributed by atoms with E-state index in [9.17, 15) is 0 Å². The third kappa shape index (κ3) is 4.31. The highest BCUT2D eigenvalue weighted by atomic mass is 127. The quantitative estimate of drug-likeness (QED) is 0.543. The third-order valence-electron chi connectivity index (χ3n) is 2.43. The van der Waals surface area contributed by atoms with Gasteiger partial charge in [0.25, 0.3) is 0 Å². The number of ether oxygens (including phenoxy) is 1. The summed E-state index contributed by atoms with van der Waals surface area (Å²) in [6.45, 7) is 5.24. The molecular formula is C12H16BrIO. The van der Waals surface area contributed by atoms with Gasteiger partial charge in [0.05, 0.1) is 10.2 Å². The number of halogens is 2. The van der Waals surface area contributed by atoms with Crippen LogP contribution in [0.3, 0.4) is 0 Å². The zero-order valence-electron chi connectivity index (χ0n) is 9.04. The minimum Gasteiger partial charge on any atom is -0.492 e. The molecule has 0 bridgehead atoms. The molecule has 0 aliphatic heterocycles. The highest BCUT2D eigenvalue weighted by Crippen LogP contribution is 2.22. The Bertz CT molecular complexity index is 301. The van der Waals surface area contributed by atoms with Gasteiger partial charge < -0.3 is 4.74 Å². The first-order valence-electron chi connectivity index (χ1n) is 5.08. The highest BCUT2D eigenvalue weighted by molar-refractivity contribution is 14.1. The molecule has 1 unspecified atom stereocenters. The van der Waals surface area contributed by atoms with Crippen LogP contribution in [0.25, 0.3) is 0 Å². The molecule has 0 heterocycles. The lowest BCUT2D eigenvalue weighted by molar-refractivity contribution is 0.226. The lowest BCUT2D eigenvalue weighted by Gasteiger charge is -2.19. The fourth-order valence-electron chi connectivity index (χ4n) is 1.17. The van der Waals surface area contributed by atoms with Gasteiger partial charge in [-0.25, -0.2) is 0 Å². The molecule has 0 radical (unpaired) electrons. The van der Waals surface area contributed by atoms with E-state index in [1.165, 1.54) is 3.57 Å². The third-order valence-corrected chi connectivity index (χ3v) is 4.15. The van der Waals surface area contributed by atoms with E-state index < -0.39 is 0 Å². The highest BCUT2D eigenvalue weighted by Gasteiger charge is 2.13. The maximum Gasteiger partial charge on any atom is 0.132 e. The molecule has 15 heavy (non-hydrogen) atoms. The molecule has 1 rings (SSSR count). The molecule has 0 saturated carbocycles. The first-order chi connectivity index (χ1) is 7.15. The fourth-order valence-corrected chi connectivity index (χ4v) is 2.65. The van der Waals surface area contributed by atoms with E-state index >= 15 is 0 Å². The Balaban J connectivity index is 2.53. The molecule has 0 aromatic heterocycles. The summed E-state index contributed by atoms with van der Waals surface area (Å²) in [5.41, 5.74) is 0. The predicted octanol–water partition coefficient (Wildman–Crippen LogP) is 4.34. The Kier molecular flexibility index (Phi) is 5.97. The monoisotopic (exact) mass is 382 g/mol. The maximum atomic E-state index is 5.81. The molecule has 0 saturated heterocycles. The van der Waals surface area contributed by atoms with Crippen LogP contribution in [0.15, 0.2) is 24.3 Å². The molecule has 84 valence electrons. The molecule has 1 aromatic rings. The van der Waals surface area contributed by atoms with Crippen LogP contribution in [0, 0.1) is 15.4 Å². The van der Waals surface area contributed by atoms with Crippen molar-refractivity contribution in [3.8, 4) is 5.75 Å². The van der Waals surface area contributed by atoms with Crippen molar-refractivity contribution in [3.63, 3.8) is 0 Å². The van der Waals surface area contributed by atoms with Crippen molar-refractivity contribution in [1.29, 1.82) is 0 Å². The van der Waals surface area contributed by atoms with Crippen LogP contribution in [-0.4, -0.2) is 11.9 Å². The van der Waals surface area contributed by atoms with Crippen LogP contribution in [0.1, 0.15) is 13.8 Å². The van der Waals surface area contributed by atoms with Crippen molar-refractivity contribution in [2.75, 3.05) is 11.9 Å². The Labute approximate surface area is 114 Å². The smallest absolute Gasteiger partial charge is 0.132 e. The topological polar surface area (TPSA) is 9.23 Å². The molecule has 3 heteroatoms. The van der Waals surface area contributed by atoms with E-state index in [2.05, 4.69) is 58.4 Å². The summed E-state index contributed by atoms with van der Waals surface area (Å²) in [7, 11) is 0. The summed E-state index contributed by atoms with van der Waals surface area (Å²) >= 11 is 5.83. The second-order valence-corrected chi connectivity index (χ2v) is 5.71.